The van der Waals surface area contributed by atoms with Crippen LogP contribution in [0.15, 0.2) is 30.3 Å². The molecule has 2 aromatic carbocycles. The Hall–Kier alpha value is -4.03. The molecule has 1 saturated carbocycles. The Kier molecular flexibility index (Phi) is 8.70. The van der Waals surface area contributed by atoms with Crippen LogP contribution in [0.4, 0.5) is 4.39 Å². The summed E-state index contributed by atoms with van der Waals surface area (Å²) in [7, 11) is 2.95. The van der Waals surface area contributed by atoms with Gasteiger partial charge in [0.25, 0.3) is 0 Å². The van der Waals surface area contributed by atoms with Crippen LogP contribution in [0.2, 0.25) is 0 Å². The van der Waals surface area contributed by atoms with Crippen LogP contribution in [-0.4, -0.2) is 54.5 Å². The molecule has 0 aliphatic heterocycles. The van der Waals surface area contributed by atoms with Crippen molar-refractivity contribution >= 4 is 66.4 Å². The van der Waals surface area contributed by atoms with E-state index in [1.165, 1.54) is 31.4 Å². The molecule has 1 unspecified atom stereocenters. The molecule has 226 valence electrons. The number of ketones is 2. The number of aliphatic carboxylic acids is 2. The first-order chi connectivity index (χ1) is 20.5. The summed E-state index contributed by atoms with van der Waals surface area (Å²) in [6.45, 7) is 1.65. The smallest absolute Gasteiger partial charge is 0.307 e. The molecule has 0 spiro atoms. The van der Waals surface area contributed by atoms with E-state index in [1.54, 1.807) is 19.2 Å². The molecule has 1 fully saturated rings. The summed E-state index contributed by atoms with van der Waals surface area (Å²) in [4.78, 5) is 48.4. The molecule has 2 heterocycles. The van der Waals surface area contributed by atoms with Crippen LogP contribution in [-0.2, 0) is 16.0 Å². The molecule has 0 bridgehead atoms. The second-order valence-electron chi connectivity index (χ2n) is 10.5. The molecule has 3 atom stereocenters. The topological polar surface area (TPSA) is 136 Å². The monoisotopic (exact) mass is 628 g/mol. The molecule has 2 aromatic heterocycles. The number of fused-ring (bicyclic) bond motifs is 2. The largest absolute Gasteiger partial charge is 0.496 e. The standard InChI is InChI=1S/C31H29FO9S2/c1-14(30(35)36)7-20(33)25-9-16-8-15(21(39-2)12-23(16)42-25)5-4-6-41-29-22(40-3)13-24-19(27(29)32)11-26(43-24)28(34)17-10-18(17)31(37)38/h8-9,11-14,17-18H,4-7,10H2,1-3H3,(H,35,36)(H,37,38)/t14?,17-,18-/m1/s1. The van der Waals surface area contributed by atoms with E-state index < -0.39 is 35.5 Å². The third kappa shape index (κ3) is 6.21. The highest BCUT2D eigenvalue weighted by Gasteiger charge is 2.48. The second kappa shape index (κ2) is 12.3. The summed E-state index contributed by atoms with van der Waals surface area (Å²) >= 11 is 2.39. The Balaban J connectivity index is 1.28. The number of hydrogen-bond donors (Lipinski definition) is 2. The van der Waals surface area contributed by atoms with Crippen molar-refractivity contribution in [1.29, 1.82) is 0 Å². The maximum absolute atomic E-state index is 15.6. The lowest BCUT2D eigenvalue weighted by molar-refractivity contribution is -0.141. The minimum absolute atomic E-state index is 0.0689. The van der Waals surface area contributed by atoms with Crippen molar-refractivity contribution in [2.45, 2.75) is 32.6 Å². The third-order valence-corrected chi connectivity index (χ3v) is 9.77. The predicted octanol–water partition coefficient (Wildman–Crippen LogP) is 6.48. The Morgan fingerprint density at radius 2 is 1.65 bits per heavy atom. The molecule has 12 heteroatoms. The molecule has 4 aromatic rings. The van der Waals surface area contributed by atoms with Gasteiger partial charge in [0, 0.05) is 33.2 Å². The lowest BCUT2D eigenvalue weighted by Gasteiger charge is -2.13. The molecule has 0 amide bonds. The van der Waals surface area contributed by atoms with Crippen molar-refractivity contribution in [2.75, 3.05) is 20.8 Å². The number of ether oxygens (including phenoxy) is 3. The fraction of sp³-hybridized carbons (Fsp3) is 0.355. The highest BCUT2D eigenvalue weighted by molar-refractivity contribution is 7.21. The number of carbonyl (C=O) groups excluding carboxylic acids is 2. The van der Waals surface area contributed by atoms with Gasteiger partial charge in [-0.1, -0.05) is 6.92 Å². The van der Waals surface area contributed by atoms with Crippen molar-refractivity contribution in [3.63, 3.8) is 0 Å². The normalized spacial score (nSPS) is 16.7. The maximum atomic E-state index is 15.6. The third-order valence-electron chi connectivity index (χ3n) is 7.53. The van der Waals surface area contributed by atoms with E-state index >= 15 is 4.39 Å². The highest BCUT2D eigenvalue weighted by Crippen LogP contribution is 2.45. The second-order valence-corrected chi connectivity index (χ2v) is 12.7. The predicted molar refractivity (Wildman–Crippen MR) is 160 cm³/mol. The van der Waals surface area contributed by atoms with Crippen molar-refractivity contribution in [3.05, 3.63) is 51.5 Å². The van der Waals surface area contributed by atoms with Gasteiger partial charge in [-0.2, -0.15) is 0 Å². The summed E-state index contributed by atoms with van der Waals surface area (Å²) in [5.74, 6) is -4.48. The Morgan fingerprint density at radius 1 is 0.953 bits per heavy atom. The van der Waals surface area contributed by atoms with Crippen LogP contribution in [0.3, 0.4) is 0 Å². The van der Waals surface area contributed by atoms with E-state index in [2.05, 4.69) is 0 Å². The Morgan fingerprint density at radius 3 is 2.30 bits per heavy atom. The van der Waals surface area contributed by atoms with E-state index in [0.29, 0.717) is 33.0 Å². The van der Waals surface area contributed by atoms with E-state index in [4.69, 9.17) is 24.4 Å². The lowest BCUT2D eigenvalue weighted by atomic mass is 10.0. The number of thiophene rings is 2. The average molecular weight is 629 g/mol. The van der Waals surface area contributed by atoms with E-state index in [1.807, 2.05) is 12.1 Å². The fourth-order valence-corrected chi connectivity index (χ4v) is 7.10. The fourth-order valence-electron chi connectivity index (χ4n) is 4.99. The van der Waals surface area contributed by atoms with Gasteiger partial charge in [-0.3, -0.25) is 19.2 Å². The van der Waals surface area contributed by atoms with Crippen LogP contribution in [0, 0.1) is 23.6 Å². The van der Waals surface area contributed by atoms with Gasteiger partial charge in [0.15, 0.2) is 28.9 Å². The SMILES string of the molecule is COc1cc2sc(C(=O)CC(C)C(=O)O)cc2cc1CCCOc1c(OC)cc2sc(C(=O)[C@@H]3C[C@H]3C(=O)O)cc2c1F. The number of rotatable bonds is 14. The summed E-state index contributed by atoms with van der Waals surface area (Å²) in [6, 6.07) is 8.59. The first kappa shape index (κ1) is 30.4. The number of Topliss-reactive ketones (excluding diaryl/α,β-unsaturated/α-hetero) is 2. The highest BCUT2D eigenvalue weighted by atomic mass is 32.1. The zero-order valence-corrected chi connectivity index (χ0v) is 25.2. The minimum Gasteiger partial charge on any atom is -0.496 e. The minimum atomic E-state index is -1.02. The maximum Gasteiger partial charge on any atom is 0.307 e. The quantitative estimate of drug-likeness (QED) is 0.119. The zero-order valence-electron chi connectivity index (χ0n) is 23.6. The first-order valence-corrected chi connectivity index (χ1v) is 15.2. The van der Waals surface area contributed by atoms with Gasteiger partial charge in [0.2, 0.25) is 0 Å². The van der Waals surface area contributed by atoms with Crippen molar-refractivity contribution in [1.82, 2.24) is 0 Å². The number of halogens is 1. The van der Waals surface area contributed by atoms with Gasteiger partial charge in [-0.15, -0.1) is 22.7 Å². The molecule has 0 radical (unpaired) electrons. The summed E-state index contributed by atoms with van der Waals surface area (Å²) < 4.78 is 33.7. The van der Waals surface area contributed by atoms with Crippen LogP contribution in [0.5, 0.6) is 17.2 Å². The van der Waals surface area contributed by atoms with Crippen LogP contribution >= 0.6 is 22.7 Å². The van der Waals surface area contributed by atoms with Crippen molar-refractivity contribution in [3.8, 4) is 17.2 Å². The van der Waals surface area contributed by atoms with Gasteiger partial charge >= 0.3 is 11.9 Å². The molecule has 9 nitrogen and oxygen atoms in total. The molecule has 43 heavy (non-hydrogen) atoms. The number of aryl methyl sites for hydroxylation is 1. The van der Waals surface area contributed by atoms with Gasteiger partial charge in [-0.25, -0.2) is 4.39 Å². The molecular weight excluding hydrogens is 599 g/mol. The number of benzene rings is 2. The number of carboxylic acid groups (broad SMARTS) is 2. The number of hydrogen-bond acceptors (Lipinski definition) is 9. The summed E-state index contributed by atoms with van der Waals surface area (Å²) in [6.07, 6.45) is 1.24. The Labute approximate surface area is 253 Å². The lowest BCUT2D eigenvalue weighted by Crippen LogP contribution is -2.13. The summed E-state index contributed by atoms with van der Waals surface area (Å²) in [5, 5.41) is 19.3. The molecule has 1 aliphatic rings. The molecule has 1 aliphatic carbocycles. The molecule has 5 rings (SSSR count). The van der Waals surface area contributed by atoms with Gasteiger partial charge in [0.05, 0.1) is 42.4 Å². The van der Waals surface area contributed by atoms with E-state index in [-0.39, 0.29) is 47.9 Å². The summed E-state index contributed by atoms with van der Waals surface area (Å²) in [5.41, 5.74) is 0.873. The van der Waals surface area contributed by atoms with Crippen LogP contribution in [0.1, 0.15) is 51.1 Å². The number of methoxy groups -OCH3 is 2. The average Bonchev–Trinajstić information content (AvgIpc) is 3.50. The van der Waals surface area contributed by atoms with Crippen molar-refractivity contribution < 1.29 is 48.0 Å². The van der Waals surface area contributed by atoms with E-state index in [0.717, 1.165) is 27.0 Å². The van der Waals surface area contributed by atoms with Gasteiger partial charge < -0.3 is 24.4 Å². The zero-order chi connectivity index (χ0) is 31.0. The molecule has 2 N–H and O–H groups in total. The van der Waals surface area contributed by atoms with Crippen LogP contribution in [0.25, 0.3) is 20.2 Å². The number of carboxylic acids is 2. The first-order valence-electron chi connectivity index (χ1n) is 13.6. The molecular formula is C31H29FO9S2. The van der Waals surface area contributed by atoms with E-state index in [9.17, 15) is 19.2 Å². The van der Waals surface area contributed by atoms with Gasteiger partial charge in [0.1, 0.15) is 5.75 Å². The Bertz CT molecular complexity index is 1760. The molecule has 0 saturated heterocycles. The van der Waals surface area contributed by atoms with Gasteiger partial charge in [-0.05, 0) is 54.5 Å². The van der Waals surface area contributed by atoms with Crippen LogP contribution < -0.4 is 14.2 Å². The van der Waals surface area contributed by atoms with Crippen molar-refractivity contribution in [2.24, 2.45) is 17.8 Å². The number of carbonyl (C=O) groups is 4.